The van der Waals surface area contributed by atoms with Crippen molar-refractivity contribution >= 4 is 23.2 Å². The van der Waals surface area contributed by atoms with Gasteiger partial charge in [-0.15, -0.1) is 0 Å². The molecule has 1 aromatic heterocycles. The predicted molar refractivity (Wildman–Crippen MR) is 84.8 cm³/mol. The molecule has 0 aliphatic carbocycles. The summed E-state index contributed by atoms with van der Waals surface area (Å²) in [5.41, 5.74) is 1.39. The second kappa shape index (κ2) is 7.13. The number of rotatable bonds is 6. The lowest BCUT2D eigenvalue weighted by Gasteiger charge is -2.19. The summed E-state index contributed by atoms with van der Waals surface area (Å²) >= 11 is 6.01. The summed E-state index contributed by atoms with van der Waals surface area (Å²) in [6.07, 6.45) is 3.60. The van der Waals surface area contributed by atoms with Crippen LogP contribution in [-0.2, 0) is 6.54 Å². The molecule has 0 aliphatic heterocycles. The molecule has 1 amide bonds. The Bertz CT molecular complexity index is 598. The topological polar surface area (TPSA) is 50.2 Å². The van der Waals surface area contributed by atoms with E-state index in [1.807, 2.05) is 25.3 Å². The minimum absolute atomic E-state index is 0.0550. The summed E-state index contributed by atoms with van der Waals surface area (Å²) < 4.78 is 1.80. The van der Waals surface area contributed by atoms with Crippen LogP contribution in [0.15, 0.2) is 36.7 Å². The van der Waals surface area contributed by atoms with Crippen LogP contribution in [0.1, 0.15) is 17.3 Å². The second-order valence-electron chi connectivity index (χ2n) is 4.72. The maximum atomic E-state index is 12.5. The Morgan fingerprint density at radius 1 is 1.48 bits per heavy atom. The number of likely N-dealkylation sites (N-methyl/N-ethyl adjacent to an activating group) is 1. The van der Waals surface area contributed by atoms with Crippen LogP contribution in [-0.4, -0.2) is 40.7 Å². The van der Waals surface area contributed by atoms with Gasteiger partial charge >= 0.3 is 0 Å². The number of carbonyl (C=O) groups excluding carboxylic acids is 1. The highest BCUT2D eigenvalue weighted by Crippen LogP contribution is 2.22. The molecule has 2 aromatic rings. The standard InChI is InChI=1S/C15H19ClN4O/c1-3-17-14-6-5-12(16)11-13(14)15(21)19(2)9-10-20-8-4-7-18-20/h4-8,11,17H,3,9-10H2,1-2H3. The Labute approximate surface area is 129 Å². The van der Waals surface area contributed by atoms with E-state index in [-0.39, 0.29) is 5.91 Å². The van der Waals surface area contributed by atoms with Crippen LogP contribution in [0.3, 0.4) is 0 Å². The monoisotopic (exact) mass is 306 g/mol. The van der Waals surface area contributed by atoms with Crippen LogP contribution < -0.4 is 5.32 Å². The van der Waals surface area contributed by atoms with Gasteiger partial charge in [-0.2, -0.15) is 5.10 Å². The lowest BCUT2D eigenvalue weighted by Crippen LogP contribution is -2.30. The summed E-state index contributed by atoms with van der Waals surface area (Å²) in [5.74, 6) is -0.0550. The molecule has 0 spiro atoms. The van der Waals surface area contributed by atoms with Gasteiger partial charge in [0.15, 0.2) is 0 Å². The molecule has 0 unspecified atom stereocenters. The van der Waals surface area contributed by atoms with Gasteiger partial charge in [-0.25, -0.2) is 0 Å². The summed E-state index contributed by atoms with van der Waals surface area (Å²) in [7, 11) is 1.78. The molecule has 6 heteroatoms. The number of anilines is 1. The number of halogens is 1. The van der Waals surface area contributed by atoms with Crippen LogP contribution >= 0.6 is 11.6 Å². The average molecular weight is 307 g/mol. The normalized spacial score (nSPS) is 10.4. The molecule has 112 valence electrons. The number of nitrogens with one attached hydrogen (secondary N) is 1. The maximum Gasteiger partial charge on any atom is 0.255 e. The van der Waals surface area contributed by atoms with Crippen LogP contribution in [0.4, 0.5) is 5.69 Å². The second-order valence-corrected chi connectivity index (χ2v) is 5.15. The zero-order valence-corrected chi connectivity index (χ0v) is 13.0. The molecule has 2 rings (SSSR count). The Kier molecular flexibility index (Phi) is 5.22. The Balaban J connectivity index is 2.09. The number of nitrogens with zero attached hydrogens (tertiary/aromatic N) is 3. The van der Waals surface area contributed by atoms with Crippen molar-refractivity contribution in [3.8, 4) is 0 Å². The first-order valence-electron chi connectivity index (χ1n) is 6.88. The first-order valence-corrected chi connectivity index (χ1v) is 7.26. The Morgan fingerprint density at radius 2 is 2.29 bits per heavy atom. The SMILES string of the molecule is CCNc1ccc(Cl)cc1C(=O)N(C)CCn1cccn1. The van der Waals surface area contributed by atoms with E-state index in [0.29, 0.717) is 23.7 Å². The van der Waals surface area contributed by atoms with Crippen molar-refractivity contribution in [1.29, 1.82) is 0 Å². The minimum Gasteiger partial charge on any atom is -0.385 e. The Morgan fingerprint density at radius 3 is 2.95 bits per heavy atom. The molecule has 0 saturated carbocycles. The van der Waals surface area contributed by atoms with E-state index in [1.165, 1.54) is 0 Å². The van der Waals surface area contributed by atoms with Crippen molar-refractivity contribution < 1.29 is 4.79 Å². The fraction of sp³-hybridized carbons (Fsp3) is 0.333. The molecule has 1 heterocycles. The minimum atomic E-state index is -0.0550. The summed E-state index contributed by atoms with van der Waals surface area (Å²) in [5, 5.41) is 7.87. The van der Waals surface area contributed by atoms with E-state index in [4.69, 9.17) is 11.6 Å². The van der Waals surface area contributed by atoms with E-state index in [2.05, 4.69) is 10.4 Å². The highest BCUT2D eigenvalue weighted by molar-refractivity contribution is 6.31. The number of benzene rings is 1. The Hall–Kier alpha value is -2.01. The van der Waals surface area contributed by atoms with Crippen LogP contribution in [0.2, 0.25) is 5.02 Å². The lowest BCUT2D eigenvalue weighted by molar-refractivity contribution is 0.0790. The third-order valence-electron chi connectivity index (χ3n) is 3.15. The zero-order chi connectivity index (χ0) is 15.2. The van der Waals surface area contributed by atoms with E-state index < -0.39 is 0 Å². The average Bonchev–Trinajstić information content (AvgIpc) is 2.99. The largest absolute Gasteiger partial charge is 0.385 e. The first-order chi connectivity index (χ1) is 10.1. The third kappa shape index (κ3) is 3.98. The van der Waals surface area contributed by atoms with Crippen LogP contribution in [0.25, 0.3) is 0 Å². The number of aromatic nitrogens is 2. The van der Waals surface area contributed by atoms with Crippen molar-refractivity contribution in [2.45, 2.75) is 13.5 Å². The third-order valence-corrected chi connectivity index (χ3v) is 3.38. The number of hydrogen-bond acceptors (Lipinski definition) is 3. The van der Waals surface area contributed by atoms with E-state index in [0.717, 1.165) is 12.2 Å². The maximum absolute atomic E-state index is 12.5. The van der Waals surface area contributed by atoms with Crippen molar-refractivity contribution in [3.63, 3.8) is 0 Å². The van der Waals surface area contributed by atoms with Gasteiger partial charge in [-0.1, -0.05) is 11.6 Å². The molecule has 0 radical (unpaired) electrons. The molecule has 1 aromatic carbocycles. The molecule has 0 saturated heterocycles. The molecule has 21 heavy (non-hydrogen) atoms. The molecule has 0 bridgehead atoms. The quantitative estimate of drug-likeness (QED) is 0.893. The van der Waals surface area contributed by atoms with Gasteiger partial charge in [0.05, 0.1) is 12.1 Å². The van der Waals surface area contributed by atoms with E-state index in [1.54, 1.807) is 35.0 Å². The smallest absolute Gasteiger partial charge is 0.255 e. The van der Waals surface area contributed by atoms with Crippen molar-refractivity contribution in [1.82, 2.24) is 14.7 Å². The summed E-state index contributed by atoms with van der Waals surface area (Å²) in [6.45, 7) is 3.98. The van der Waals surface area contributed by atoms with Gasteiger partial charge in [0, 0.05) is 43.2 Å². The predicted octanol–water partition coefficient (Wildman–Crippen LogP) is 2.74. The van der Waals surface area contributed by atoms with Gasteiger partial charge in [0.2, 0.25) is 0 Å². The molecule has 0 aliphatic rings. The number of carbonyl (C=O) groups is 1. The van der Waals surface area contributed by atoms with Crippen molar-refractivity contribution in [2.75, 3.05) is 25.5 Å². The van der Waals surface area contributed by atoms with Crippen LogP contribution in [0.5, 0.6) is 0 Å². The molecular formula is C15H19ClN4O. The highest BCUT2D eigenvalue weighted by Gasteiger charge is 2.16. The van der Waals surface area contributed by atoms with Gasteiger partial charge in [-0.3, -0.25) is 9.48 Å². The number of hydrogen-bond donors (Lipinski definition) is 1. The molecule has 0 fully saturated rings. The van der Waals surface area contributed by atoms with Gasteiger partial charge in [0.25, 0.3) is 5.91 Å². The number of amides is 1. The van der Waals surface area contributed by atoms with Gasteiger partial charge in [-0.05, 0) is 31.2 Å². The molecule has 1 N–H and O–H groups in total. The first kappa shape index (κ1) is 15.4. The molecule has 5 nitrogen and oxygen atoms in total. The summed E-state index contributed by atoms with van der Waals surface area (Å²) in [4.78, 5) is 14.2. The zero-order valence-electron chi connectivity index (χ0n) is 12.2. The van der Waals surface area contributed by atoms with E-state index >= 15 is 0 Å². The van der Waals surface area contributed by atoms with E-state index in [9.17, 15) is 4.79 Å². The lowest BCUT2D eigenvalue weighted by atomic mass is 10.1. The van der Waals surface area contributed by atoms with Gasteiger partial charge in [0.1, 0.15) is 0 Å². The van der Waals surface area contributed by atoms with Crippen LogP contribution in [0, 0.1) is 0 Å². The summed E-state index contributed by atoms with van der Waals surface area (Å²) in [6, 6.07) is 7.18. The van der Waals surface area contributed by atoms with Crippen molar-refractivity contribution in [2.24, 2.45) is 0 Å². The molecular weight excluding hydrogens is 288 g/mol. The van der Waals surface area contributed by atoms with Crippen molar-refractivity contribution in [3.05, 3.63) is 47.2 Å². The molecule has 0 atom stereocenters. The van der Waals surface area contributed by atoms with Gasteiger partial charge < -0.3 is 10.2 Å². The fourth-order valence-corrected chi connectivity index (χ4v) is 2.20. The highest BCUT2D eigenvalue weighted by atomic mass is 35.5. The fourth-order valence-electron chi connectivity index (χ4n) is 2.03.